The maximum absolute atomic E-state index is 11.6. The predicted molar refractivity (Wildman–Crippen MR) is 97.4 cm³/mol. The van der Waals surface area contributed by atoms with Gasteiger partial charge >= 0.3 is 5.97 Å². The summed E-state index contributed by atoms with van der Waals surface area (Å²) in [5, 5.41) is 6.45. The van der Waals surface area contributed by atoms with Crippen LogP contribution < -0.4 is 10.6 Å². The van der Waals surface area contributed by atoms with Crippen molar-refractivity contribution in [3.05, 3.63) is 23.2 Å². The number of hydrogen-bond acceptors (Lipinski definition) is 6. The van der Waals surface area contributed by atoms with Crippen molar-refractivity contribution in [1.29, 1.82) is 0 Å². The third kappa shape index (κ3) is 6.34. The molecule has 8 heteroatoms. The van der Waals surface area contributed by atoms with Gasteiger partial charge in [-0.1, -0.05) is 0 Å². The molecule has 2 heterocycles. The number of hydrogen-bond donors (Lipinski definition) is 2. The van der Waals surface area contributed by atoms with E-state index in [0.717, 1.165) is 32.5 Å². The second kappa shape index (κ2) is 10.8. The van der Waals surface area contributed by atoms with Gasteiger partial charge in [-0.2, -0.15) is 0 Å². The Bertz CT molecular complexity index is 594. The van der Waals surface area contributed by atoms with E-state index < -0.39 is 5.97 Å². The molecule has 0 radical (unpaired) electrons. The van der Waals surface area contributed by atoms with Gasteiger partial charge in [0.05, 0.1) is 19.8 Å². The summed E-state index contributed by atoms with van der Waals surface area (Å²) in [6, 6.07) is 1.67. The number of carbonyl (C=O) groups excluding carboxylic acids is 1. The van der Waals surface area contributed by atoms with E-state index in [2.05, 4.69) is 15.6 Å². The molecule has 0 amide bonds. The minimum Gasteiger partial charge on any atom is -0.465 e. The Hall–Kier alpha value is -2.06. The van der Waals surface area contributed by atoms with Crippen LogP contribution in [0.2, 0.25) is 0 Å². The van der Waals surface area contributed by atoms with Crippen LogP contribution in [0.15, 0.2) is 15.5 Å². The molecule has 0 spiro atoms. The Kier molecular flexibility index (Phi) is 8.43. The van der Waals surface area contributed by atoms with E-state index in [1.54, 1.807) is 13.0 Å². The highest BCUT2D eigenvalue weighted by atomic mass is 16.5. The number of methoxy groups -OCH3 is 1. The molecule has 1 aromatic heterocycles. The number of ether oxygens (including phenoxy) is 3. The molecular formula is C18H29N3O5. The molecule has 0 saturated carbocycles. The SMILES string of the molecule is CCNC(=NCc1cc(C(=O)OC)c(C)o1)NCCCOC1CCOC1. The number of nitrogens with zero attached hydrogens (tertiary/aromatic N) is 1. The summed E-state index contributed by atoms with van der Waals surface area (Å²) in [7, 11) is 1.35. The highest BCUT2D eigenvalue weighted by molar-refractivity contribution is 5.90. The first-order valence-corrected chi connectivity index (χ1v) is 9.03. The molecule has 1 aliphatic heterocycles. The Morgan fingerprint density at radius 2 is 2.27 bits per heavy atom. The van der Waals surface area contributed by atoms with Crippen molar-refractivity contribution < 1.29 is 23.4 Å². The molecule has 1 atom stereocenters. The van der Waals surface area contributed by atoms with Crippen LogP contribution in [-0.2, 0) is 20.8 Å². The van der Waals surface area contributed by atoms with E-state index in [1.165, 1.54) is 7.11 Å². The highest BCUT2D eigenvalue weighted by Gasteiger charge is 2.16. The average Bonchev–Trinajstić information content (AvgIpc) is 3.28. The van der Waals surface area contributed by atoms with Crippen molar-refractivity contribution in [3.8, 4) is 0 Å². The van der Waals surface area contributed by atoms with Gasteiger partial charge in [-0.3, -0.25) is 0 Å². The average molecular weight is 367 g/mol. The largest absolute Gasteiger partial charge is 0.465 e. The maximum atomic E-state index is 11.6. The smallest absolute Gasteiger partial charge is 0.341 e. The lowest BCUT2D eigenvalue weighted by Gasteiger charge is -2.12. The van der Waals surface area contributed by atoms with Crippen LogP contribution in [0.1, 0.15) is 41.6 Å². The zero-order valence-corrected chi connectivity index (χ0v) is 15.8. The Morgan fingerprint density at radius 3 is 2.96 bits per heavy atom. The van der Waals surface area contributed by atoms with Crippen molar-refractivity contribution in [3.63, 3.8) is 0 Å². The predicted octanol–water partition coefficient (Wildman–Crippen LogP) is 1.63. The summed E-state index contributed by atoms with van der Waals surface area (Å²) < 4.78 is 21.3. The molecule has 0 bridgehead atoms. The fraction of sp³-hybridized carbons (Fsp3) is 0.667. The molecule has 1 saturated heterocycles. The second-order valence-electron chi connectivity index (χ2n) is 6.01. The van der Waals surface area contributed by atoms with Crippen LogP contribution >= 0.6 is 0 Å². The van der Waals surface area contributed by atoms with Crippen molar-refractivity contribution in [2.75, 3.05) is 40.0 Å². The third-order valence-corrected chi connectivity index (χ3v) is 3.97. The Morgan fingerprint density at radius 1 is 1.42 bits per heavy atom. The minimum atomic E-state index is -0.404. The molecular weight excluding hydrogens is 338 g/mol. The number of carbonyl (C=O) groups is 1. The van der Waals surface area contributed by atoms with E-state index in [4.69, 9.17) is 18.6 Å². The first-order chi connectivity index (χ1) is 12.6. The normalized spacial score (nSPS) is 17.3. The van der Waals surface area contributed by atoms with Gasteiger partial charge in [-0.15, -0.1) is 0 Å². The van der Waals surface area contributed by atoms with Crippen molar-refractivity contribution >= 4 is 11.9 Å². The number of guanidine groups is 1. The summed E-state index contributed by atoms with van der Waals surface area (Å²) in [5.41, 5.74) is 0.434. The maximum Gasteiger partial charge on any atom is 0.341 e. The molecule has 2 rings (SSSR count). The first kappa shape index (κ1) is 20.3. The topological polar surface area (TPSA) is 94.3 Å². The van der Waals surface area contributed by atoms with Gasteiger partial charge in [0.15, 0.2) is 5.96 Å². The van der Waals surface area contributed by atoms with E-state index in [9.17, 15) is 4.79 Å². The fourth-order valence-corrected chi connectivity index (χ4v) is 2.61. The van der Waals surface area contributed by atoms with Gasteiger partial charge in [0.25, 0.3) is 0 Å². The fourth-order valence-electron chi connectivity index (χ4n) is 2.61. The zero-order chi connectivity index (χ0) is 18.8. The summed E-state index contributed by atoms with van der Waals surface area (Å²) in [6.07, 6.45) is 2.10. The summed E-state index contributed by atoms with van der Waals surface area (Å²) in [4.78, 5) is 16.1. The number of aryl methyl sites for hydroxylation is 1. The van der Waals surface area contributed by atoms with E-state index in [1.807, 2.05) is 6.92 Å². The van der Waals surface area contributed by atoms with Crippen molar-refractivity contribution in [2.45, 2.75) is 39.3 Å². The van der Waals surface area contributed by atoms with Crippen molar-refractivity contribution in [1.82, 2.24) is 10.6 Å². The molecule has 1 aliphatic rings. The van der Waals surface area contributed by atoms with Crippen LogP contribution in [0.5, 0.6) is 0 Å². The Labute approximate surface area is 154 Å². The monoisotopic (exact) mass is 367 g/mol. The summed E-state index contributed by atoms with van der Waals surface area (Å²) in [5.74, 6) is 1.45. The number of nitrogens with one attached hydrogen (secondary N) is 2. The number of esters is 1. The van der Waals surface area contributed by atoms with Crippen LogP contribution in [0.4, 0.5) is 0 Å². The van der Waals surface area contributed by atoms with Crippen molar-refractivity contribution in [2.24, 2.45) is 4.99 Å². The van der Waals surface area contributed by atoms with E-state index in [0.29, 0.717) is 42.8 Å². The number of rotatable bonds is 9. The van der Waals surface area contributed by atoms with Gasteiger partial charge in [0, 0.05) is 26.3 Å². The van der Waals surface area contributed by atoms with E-state index in [-0.39, 0.29) is 6.10 Å². The zero-order valence-electron chi connectivity index (χ0n) is 15.8. The minimum absolute atomic E-state index is 0.239. The van der Waals surface area contributed by atoms with Gasteiger partial charge < -0.3 is 29.3 Å². The number of aliphatic imine (C=N–C) groups is 1. The van der Waals surface area contributed by atoms with Gasteiger partial charge in [0.1, 0.15) is 23.6 Å². The molecule has 0 aromatic carbocycles. The first-order valence-electron chi connectivity index (χ1n) is 9.03. The highest BCUT2D eigenvalue weighted by Crippen LogP contribution is 2.16. The molecule has 146 valence electrons. The second-order valence-corrected chi connectivity index (χ2v) is 6.01. The lowest BCUT2D eigenvalue weighted by Crippen LogP contribution is -2.38. The van der Waals surface area contributed by atoms with Gasteiger partial charge in [0.2, 0.25) is 0 Å². The standard InChI is InChI=1S/C18H29N3O5/c1-4-19-18(20-7-5-8-25-14-6-9-24-12-14)21-11-15-10-16(13(2)26-15)17(22)23-3/h10,14H,4-9,11-12H2,1-3H3,(H2,19,20,21). The van der Waals surface area contributed by atoms with Gasteiger partial charge in [-0.25, -0.2) is 9.79 Å². The molecule has 1 aromatic rings. The van der Waals surface area contributed by atoms with Crippen LogP contribution in [0.3, 0.4) is 0 Å². The Balaban J connectivity index is 1.77. The molecule has 1 fully saturated rings. The quantitative estimate of drug-likeness (QED) is 0.296. The molecule has 26 heavy (non-hydrogen) atoms. The van der Waals surface area contributed by atoms with Crippen LogP contribution in [0.25, 0.3) is 0 Å². The summed E-state index contributed by atoms with van der Waals surface area (Å²) in [6.45, 7) is 7.78. The number of furan rings is 1. The third-order valence-electron chi connectivity index (χ3n) is 3.97. The lowest BCUT2D eigenvalue weighted by molar-refractivity contribution is 0.0420. The van der Waals surface area contributed by atoms with Gasteiger partial charge in [-0.05, 0) is 32.8 Å². The molecule has 0 aliphatic carbocycles. The molecule has 8 nitrogen and oxygen atoms in total. The summed E-state index contributed by atoms with van der Waals surface area (Å²) >= 11 is 0. The molecule has 2 N–H and O–H groups in total. The molecule has 1 unspecified atom stereocenters. The van der Waals surface area contributed by atoms with Crippen LogP contribution in [0, 0.1) is 6.92 Å². The lowest BCUT2D eigenvalue weighted by atomic mass is 10.2. The van der Waals surface area contributed by atoms with Crippen LogP contribution in [-0.4, -0.2) is 58.1 Å². The van der Waals surface area contributed by atoms with E-state index >= 15 is 0 Å².